The van der Waals surface area contributed by atoms with Gasteiger partial charge in [0.25, 0.3) is 9.05 Å². The number of nitrogens with zero attached hydrogens (tertiary/aromatic N) is 1. The third kappa shape index (κ3) is 3.94. The molecule has 1 rings (SSSR count). The van der Waals surface area contributed by atoms with Crippen molar-refractivity contribution in [2.24, 2.45) is 0 Å². The SMILES string of the molecule is O=S(=O)(Cl)c1cc(I)c(OC(F)(F)F)cn1. The fraction of sp³-hybridized carbons (Fsp3) is 0.167. The Morgan fingerprint density at radius 3 is 2.38 bits per heavy atom. The molecule has 0 atom stereocenters. The first-order valence-electron chi connectivity index (χ1n) is 3.45. The minimum atomic E-state index is -4.86. The molecule has 0 bridgehead atoms. The van der Waals surface area contributed by atoms with Crippen LogP contribution in [0, 0.1) is 3.57 Å². The van der Waals surface area contributed by atoms with E-state index in [1.807, 2.05) is 0 Å². The average molecular weight is 388 g/mol. The van der Waals surface area contributed by atoms with Crippen LogP contribution in [0.3, 0.4) is 0 Å². The van der Waals surface area contributed by atoms with Gasteiger partial charge in [0.15, 0.2) is 10.8 Å². The van der Waals surface area contributed by atoms with E-state index in [0.29, 0.717) is 6.20 Å². The van der Waals surface area contributed by atoms with Crippen molar-refractivity contribution in [1.29, 1.82) is 0 Å². The van der Waals surface area contributed by atoms with Crippen LogP contribution in [0.2, 0.25) is 0 Å². The van der Waals surface area contributed by atoms with Crippen LogP contribution in [0.15, 0.2) is 17.3 Å². The summed E-state index contributed by atoms with van der Waals surface area (Å²) < 4.78 is 60.7. The van der Waals surface area contributed by atoms with Crippen LogP contribution in [-0.2, 0) is 9.05 Å². The summed E-state index contributed by atoms with van der Waals surface area (Å²) in [7, 11) is 0.893. The van der Waals surface area contributed by atoms with Crippen molar-refractivity contribution in [3.05, 3.63) is 15.8 Å². The number of pyridine rings is 1. The first-order valence-corrected chi connectivity index (χ1v) is 6.84. The van der Waals surface area contributed by atoms with Crippen LogP contribution in [0.5, 0.6) is 5.75 Å². The highest BCUT2D eigenvalue weighted by molar-refractivity contribution is 14.1. The third-order valence-electron chi connectivity index (χ3n) is 1.27. The van der Waals surface area contributed by atoms with Gasteiger partial charge in [-0.25, -0.2) is 13.4 Å². The van der Waals surface area contributed by atoms with E-state index in [-0.39, 0.29) is 3.57 Å². The number of aromatic nitrogens is 1. The number of halogens is 5. The zero-order chi connectivity index (χ0) is 12.6. The maximum atomic E-state index is 11.9. The summed E-state index contributed by atoms with van der Waals surface area (Å²) in [6.07, 6.45) is -4.21. The summed E-state index contributed by atoms with van der Waals surface area (Å²) in [6.45, 7) is 0. The normalized spacial score (nSPS) is 12.6. The minimum absolute atomic E-state index is 0.0656. The molecule has 0 aliphatic heterocycles. The molecule has 0 fully saturated rings. The summed E-state index contributed by atoms with van der Waals surface area (Å²) in [5, 5.41) is -0.534. The smallest absolute Gasteiger partial charge is 0.403 e. The van der Waals surface area contributed by atoms with Crippen LogP contribution in [-0.4, -0.2) is 19.8 Å². The molecule has 0 saturated carbocycles. The summed E-state index contributed by atoms with van der Waals surface area (Å²) in [4.78, 5) is 3.25. The molecule has 0 aliphatic carbocycles. The van der Waals surface area contributed by atoms with Gasteiger partial charge in [0.05, 0.1) is 9.77 Å². The van der Waals surface area contributed by atoms with Crippen molar-refractivity contribution < 1.29 is 26.3 Å². The highest BCUT2D eigenvalue weighted by Gasteiger charge is 2.32. The van der Waals surface area contributed by atoms with Gasteiger partial charge in [-0.3, -0.25) is 0 Å². The predicted octanol–water partition coefficient (Wildman–Crippen LogP) is 2.51. The predicted molar refractivity (Wildman–Crippen MR) is 56.7 cm³/mol. The molecule has 0 unspecified atom stereocenters. The average Bonchev–Trinajstić information content (AvgIpc) is 2.04. The monoisotopic (exact) mass is 387 g/mol. The van der Waals surface area contributed by atoms with Crippen LogP contribution in [0.25, 0.3) is 0 Å². The highest BCUT2D eigenvalue weighted by atomic mass is 127. The molecule has 1 heterocycles. The molecule has 1 aromatic rings. The largest absolute Gasteiger partial charge is 0.573 e. The van der Waals surface area contributed by atoms with Gasteiger partial charge < -0.3 is 4.74 Å². The van der Waals surface area contributed by atoms with E-state index in [0.717, 1.165) is 6.07 Å². The second-order valence-corrected chi connectivity index (χ2v) is 6.11. The fourth-order valence-electron chi connectivity index (χ4n) is 0.734. The van der Waals surface area contributed by atoms with Gasteiger partial charge in [0.1, 0.15) is 0 Å². The lowest BCUT2D eigenvalue weighted by Crippen LogP contribution is -2.18. The van der Waals surface area contributed by atoms with E-state index in [1.54, 1.807) is 0 Å². The Hall–Kier alpha value is -0.290. The molecule has 1 aromatic heterocycles. The molecular weight excluding hydrogens is 385 g/mol. The minimum Gasteiger partial charge on any atom is -0.403 e. The van der Waals surface area contributed by atoms with Crippen LogP contribution < -0.4 is 4.74 Å². The summed E-state index contributed by atoms with van der Waals surface area (Å²) in [5.74, 6) is -0.586. The van der Waals surface area contributed by atoms with Crippen molar-refractivity contribution >= 4 is 42.3 Å². The molecule has 0 radical (unpaired) electrons. The molecule has 0 N–H and O–H groups in total. The maximum absolute atomic E-state index is 11.9. The Balaban J connectivity index is 3.11. The fourth-order valence-corrected chi connectivity index (χ4v) is 2.18. The molecular formula is C6H2ClF3INO3S. The van der Waals surface area contributed by atoms with E-state index < -0.39 is 26.2 Å². The van der Waals surface area contributed by atoms with Crippen LogP contribution in [0.1, 0.15) is 0 Å². The second kappa shape index (κ2) is 4.53. The van der Waals surface area contributed by atoms with E-state index in [2.05, 4.69) is 9.72 Å². The molecule has 4 nitrogen and oxygen atoms in total. The Kier molecular flexibility index (Phi) is 3.90. The van der Waals surface area contributed by atoms with Gasteiger partial charge in [-0.2, -0.15) is 0 Å². The molecule has 0 saturated heterocycles. The quantitative estimate of drug-likeness (QED) is 0.578. The highest BCUT2D eigenvalue weighted by Crippen LogP contribution is 2.28. The van der Waals surface area contributed by atoms with Crippen LogP contribution in [0.4, 0.5) is 13.2 Å². The molecule has 16 heavy (non-hydrogen) atoms. The lowest BCUT2D eigenvalue weighted by atomic mass is 10.5. The number of hydrogen-bond acceptors (Lipinski definition) is 4. The Bertz CT molecular complexity index is 504. The molecule has 10 heteroatoms. The number of ether oxygens (including phenoxy) is 1. The van der Waals surface area contributed by atoms with E-state index in [9.17, 15) is 21.6 Å². The van der Waals surface area contributed by atoms with Crippen molar-refractivity contribution in [3.63, 3.8) is 0 Å². The van der Waals surface area contributed by atoms with E-state index in [1.165, 1.54) is 22.6 Å². The van der Waals surface area contributed by atoms with Gasteiger partial charge in [-0.1, -0.05) is 0 Å². The van der Waals surface area contributed by atoms with Crippen LogP contribution >= 0.6 is 33.3 Å². The molecule has 0 aliphatic rings. The first-order chi connectivity index (χ1) is 7.09. The van der Waals surface area contributed by atoms with Gasteiger partial charge in [0.2, 0.25) is 0 Å². The topological polar surface area (TPSA) is 56.3 Å². The standard InChI is InChI=1S/C6H2ClF3INO3S/c7-16(13,14)5-1-3(11)4(2-12-5)15-6(8,9)10/h1-2H. The van der Waals surface area contributed by atoms with Crippen molar-refractivity contribution in [2.75, 3.05) is 0 Å². The number of alkyl halides is 3. The van der Waals surface area contributed by atoms with Gasteiger partial charge in [0, 0.05) is 10.7 Å². The third-order valence-corrected chi connectivity index (χ3v) is 3.31. The molecule has 0 aromatic carbocycles. The first kappa shape index (κ1) is 13.8. The van der Waals surface area contributed by atoms with Crippen molar-refractivity contribution in [1.82, 2.24) is 4.98 Å². The summed E-state index contributed by atoms with van der Waals surface area (Å²) in [5.41, 5.74) is 0. The van der Waals surface area contributed by atoms with Gasteiger partial charge in [-0.15, -0.1) is 13.2 Å². The van der Waals surface area contributed by atoms with E-state index >= 15 is 0 Å². The summed E-state index contributed by atoms with van der Waals surface area (Å²) in [6, 6.07) is 0.879. The van der Waals surface area contributed by atoms with Gasteiger partial charge in [-0.05, 0) is 28.7 Å². The molecule has 0 amide bonds. The number of rotatable bonds is 2. The molecule has 0 spiro atoms. The Labute approximate surface area is 106 Å². The maximum Gasteiger partial charge on any atom is 0.573 e. The lowest BCUT2D eigenvalue weighted by molar-refractivity contribution is -0.275. The second-order valence-electron chi connectivity index (χ2n) is 2.44. The van der Waals surface area contributed by atoms with E-state index in [4.69, 9.17) is 10.7 Å². The van der Waals surface area contributed by atoms with Crippen molar-refractivity contribution in [2.45, 2.75) is 11.4 Å². The zero-order valence-corrected chi connectivity index (χ0v) is 10.9. The lowest BCUT2D eigenvalue weighted by Gasteiger charge is -2.10. The zero-order valence-electron chi connectivity index (χ0n) is 7.12. The Morgan fingerprint density at radius 2 is 2.00 bits per heavy atom. The van der Waals surface area contributed by atoms with Crippen molar-refractivity contribution in [3.8, 4) is 5.75 Å². The Morgan fingerprint density at radius 1 is 1.44 bits per heavy atom. The number of hydrogen-bond donors (Lipinski definition) is 0. The van der Waals surface area contributed by atoms with Gasteiger partial charge >= 0.3 is 6.36 Å². The summed E-state index contributed by atoms with van der Waals surface area (Å²) >= 11 is 1.48. The molecule has 90 valence electrons.